The number of hydrogen-bond donors (Lipinski definition) is 11. The van der Waals surface area contributed by atoms with E-state index in [1.807, 2.05) is 0 Å². The van der Waals surface area contributed by atoms with Crippen LogP contribution < -0.4 is 16.4 Å². The zero-order valence-electron chi connectivity index (χ0n) is 34.4. The molecule has 32 heteroatoms. The Kier molecular flexibility index (Phi) is 19.5. The van der Waals surface area contributed by atoms with Crippen LogP contribution in [0.3, 0.4) is 0 Å². The molecular weight excluding hydrogens is 943 g/mol. The maximum absolute atomic E-state index is 12.7. The number of amides is 2. The van der Waals surface area contributed by atoms with E-state index >= 15 is 0 Å². The molecular formula is C32H52N7O21P3S. The van der Waals surface area contributed by atoms with Gasteiger partial charge in [-0.25, -0.2) is 28.6 Å². The molecule has 12 N–H and O–H groups in total. The van der Waals surface area contributed by atoms with Crippen LogP contribution in [0.5, 0.6) is 0 Å². The number of aromatic nitrogens is 4. The van der Waals surface area contributed by atoms with E-state index in [4.69, 9.17) is 29.0 Å². The molecule has 2 aromatic rings. The summed E-state index contributed by atoms with van der Waals surface area (Å²) in [6.45, 7) is 2.11. The lowest BCUT2D eigenvalue weighted by Gasteiger charge is -2.35. The van der Waals surface area contributed by atoms with Crippen molar-refractivity contribution < 1.29 is 100 Å². The number of nitrogens with two attached hydrogens (primary N) is 1. The van der Waals surface area contributed by atoms with Gasteiger partial charge in [0, 0.05) is 37.1 Å². The molecule has 0 saturated carbocycles. The summed E-state index contributed by atoms with van der Waals surface area (Å²) < 4.78 is 73.1. The highest BCUT2D eigenvalue weighted by molar-refractivity contribution is 8.14. The number of nitrogens with one attached hydrogen (secondary N) is 2. The summed E-state index contributed by atoms with van der Waals surface area (Å²) in [5.41, 5.74) is 4.21. The number of aliphatic hydroxyl groups excluding tert-OH is 4. The van der Waals surface area contributed by atoms with Gasteiger partial charge in [0.15, 0.2) is 24.0 Å². The van der Waals surface area contributed by atoms with Crippen molar-refractivity contribution >= 4 is 69.1 Å². The van der Waals surface area contributed by atoms with Crippen molar-refractivity contribution in [3.63, 3.8) is 0 Å². The Morgan fingerprint density at radius 3 is 2.44 bits per heavy atom. The SMILES string of the molecule is C[C@@H]1O[C@@H](OCC/C=C/C(=O)SCCNC(=O)CCNC(=O)[C@H](O)C(C)(C)COP(=O)(O)OP(=O)(O)OC[C@H]2O[C@@H](n3cnc4c(N)ncnc43)[C@H](O)[C@@H]2OP(=O)(O)O)[C@H](O)C[C@H]1O. The molecule has 28 nitrogen and oxygen atoms in total. The number of phosphoric acid groups is 3. The highest BCUT2D eigenvalue weighted by Gasteiger charge is 2.50. The number of aliphatic hydroxyl groups is 4. The minimum atomic E-state index is -5.60. The summed E-state index contributed by atoms with van der Waals surface area (Å²) in [5.74, 6) is -1.32. The predicted molar refractivity (Wildman–Crippen MR) is 218 cm³/mol. The third-order valence-electron chi connectivity index (χ3n) is 9.25. The third kappa shape index (κ3) is 16.2. The number of hydrogen-bond acceptors (Lipinski definition) is 22. The van der Waals surface area contributed by atoms with Gasteiger partial charge >= 0.3 is 23.5 Å². The van der Waals surface area contributed by atoms with E-state index in [1.165, 1.54) is 19.9 Å². The molecule has 4 rings (SSSR count). The summed E-state index contributed by atoms with van der Waals surface area (Å²) in [6.07, 6.45) is -6.80. The van der Waals surface area contributed by atoms with Crippen molar-refractivity contribution in [3.05, 3.63) is 24.8 Å². The number of carbonyl (C=O) groups is 3. The standard InChI is InChI=1S/C32H52N7O21P3S/c1-17-18(40)12-19(41)31(57-17)54-10-5-4-6-22(43)64-11-9-34-21(42)7-8-35-29(46)26(45)32(2,3)14-56-63(52,53)60-62(50,51)55-13-20-25(59-61(47,48)49)24(44)30(58-20)39-16-38-23-27(33)36-15-37-28(23)39/h4,6,15-20,24-26,30-31,40-41,44-45H,5,7-14H2,1-3H3,(H,34,42)(H,35,46)(H,50,51)(H,52,53)(H2,33,36,37)(H2,47,48,49)/b6-4+/t17-,18+,19+,20+,24+,25+,26-,30+,31+/m0/s1. The number of thioether (sulfide) groups is 1. The maximum atomic E-state index is 12.7. The van der Waals surface area contributed by atoms with E-state index in [9.17, 15) is 68.1 Å². The van der Waals surface area contributed by atoms with Crippen molar-refractivity contribution in [2.45, 2.75) is 95.3 Å². The average Bonchev–Trinajstić information content (AvgIpc) is 3.76. The molecule has 11 atom stereocenters. The van der Waals surface area contributed by atoms with Gasteiger partial charge in [-0.1, -0.05) is 31.7 Å². The summed E-state index contributed by atoms with van der Waals surface area (Å²) in [4.78, 5) is 88.0. The molecule has 2 amide bonds. The van der Waals surface area contributed by atoms with Gasteiger partial charge in [0.05, 0.1) is 38.4 Å². The van der Waals surface area contributed by atoms with Gasteiger partial charge in [-0.15, -0.1) is 0 Å². The predicted octanol–water partition coefficient (Wildman–Crippen LogP) is -1.52. The van der Waals surface area contributed by atoms with E-state index in [0.29, 0.717) is 6.42 Å². The summed E-state index contributed by atoms with van der Waals surface area (Å²) >= 11 is 0.937. The molecule has 0 spiro atoms. The van der Waals surface area contributed by atoms with Crippen LogP contribution in [0.15, 0.2) is 24.8 Å². The Labute approximate surface area is 368 Å². The van der Waals surface area contributed by atoms with Crippen LogP contribution in [0, 0.1) is 5.41 Å². The Bertz CT molecular complexity index is 2100. The van der Waals surface area contributed by atoms with Crippen molar-refractivity contribution in [2.24, 2.45) is 5.41 Å². The number of fused-ring (bicyclic) bond motifs is 1. The number of imidazole rings is 1. The van der Waals surface area contributed by atoms with E-state index < -0.39 is 109 Å². The molecule has 0 radical (unpaired) electrons. The number of carbonyl (C=O) groups excluding carboxylic acids is 3. The summed E-state index contributed by atoms with van der Waals surface area (Å²) in [7, 11) is -16.5. The largest absolute Gasteiger partial charge is 0.481 e. The van der Waals surface area contributed by atoms with Gasteiger partial charge in [0.1, 0.15) is 42.4 Å². The second-order valence-corrected chi connectivity index (χ2v) is 20.2. The number of ether oxygens (including phenoxy) is 3. The van der Waals surface area contributed by atoms with Crippen LogP contribution in [-0.4, -0.2) is 164 Å². The smallest absolute Gasteiger partial charge is 0.390 e. The van der Waals surface area contributed by atoms with Gasteiger partial charge in [0.2, 0.25) is 16.9 Å². The van der Waals surface area contributed by atoms with Crippen LogP contribution in [0.4, 0.5) is 5.82 Å². The van der Waals surface area contributed by atoms with Gasteiger partial charge in [-0.2, -0.15) is 4.31 Å². The molecule has 2 aromatic heterocycles. The van der Waals surface area contributed by atoms with Crippen LogP contribution in [-0.2, 0) is 60.2 Å². The van der Waals surface area contributed by atoms with Crippen LogP contribution in [0.25, 0.3) is 11.2 Å². The van der Waals surface area contributed by atoms with E-state index in [2.05, 4.69) is 34.4 Å². The van der Waals surface area contributed by atoms with Crippen LogP contribution >= 0.6 is 35.2 Å². The van der Waals surface area contributed by atoms with E-state index in [1.54, 1.807) is 13.0 Å². The first-order chi connectivity index (χ1) is 29.8. The lowest BCUT2D eigenvalue weighted by atomic mass is 9.87. The van der Waals surface area contributed by atoms with Crippen LogP contribution in [0.1, 0.15) is 46.3 Å². The molecule has 2 saturated heterocycles. The number of phosphoric ester groups is 3. The minimum Gasteiger partial charge on any atom is -0.390 e. The number of nitrogen functional groups attached to an aromatic ring is 1. The van der Waals surface area contributed by atoms with Crippen molar-refractivity contribution in [1.29, 1.82) is 0 Å². The highest BCUT2D eigenvalue weighted by atomic mass is 32.2. The van der Waals surface area contributed by atoms with Crippen LogP contribution in [0.2, 0.25) is 0 Å². The average molecular weight is 996 g/mol. The number of anilines is 1. The first kappa shape index (κ1) is 53.8. The molecule has 2 unspecified atom stereocenters. The van der Waals surface area contributed by atoms with E-state index in [0.717, 1.165) is 29.0 Å². The normalized spacial score (nSPS) is 26.7. The lowest BCUT2D eigenvalue weighted by molar-refractivity contribution is -0.260. The minimum absolute atomic E-state index is 0.0201. The summed E-state index contributed by atoms with van der Waals surface area (Å²) in [6, 6.07) is 0. The Morgan fingerprint density at radius 2 is 1.73 bits per heavy atom. The highest BCUT2D eigenvalue weighted by Crippen LogP contribution is 2.61. The molecule has 0 bridgehead atoms. The third-order valence-corrected chi connectivity index (χ3v) is 13.2. The van der Waals surface area contributed by atoms with Gasteiger partial charge in [-0.05, 0) is 19.4 Å². The molecule has 2 aliphatic rings. The fourth-order valence-electron chi connectivity index (χ4n) is 5.86. The summed E-state index contributed by atoms with van der Waals surface area (Å²) in [5, 5.41) is 45.8. The van der Waals surface area contributed by atoms with Gasteiger partial charge in [0.25, 0.3) is 0 Å². The van der Waals surface area contributed by atoms with Crippen molar-refractivity contribution in [3.8, 4) is 0 Å². The molecule has 64 heavy (non-hydrogen) atoms. The second-order valence-electron chi connectivity index (χ2n) is 14.9. The monoisotopic (exact) mass is 995 g/mol. The lowest BCUT2D eigenvalue weighted by Crippen LogP contribution is -2.47. The molecule has 362 valence electrons. The van der Waals surface area contributed by atoms with Crippen molar-refractivity contribution in [1.82, 2.24) is 30.2 Å². The second kappa shape index (κ2) is 23.2. The Hall–Kier alpha value is -2.86. The zero-order chi connectivity index (χ0) is 47.6. The van der Waals surface area contributed by atoms with Crippen molar-refractivity contribution in [2.75, 3.05) is 44.4 Å². The molecule has 2 aliphatic heterocycles. The fourth-order valence-corrected chi connectivity index (χ4v) is 9.28. The van der Waals surface area contributed by atoms with E-state index in [-0.39, 0.29) is 60.4 Å². The Balaban J connectivity index is 1.14. The maximum Gasteiger partial charge on any atom is 0.481 e. The quantitative estimate of drug-likeness (QED) is 0.0323. The Morgan fingerprint density at radius 1 is 1.03 bits per heavy atom. The van der Waals surface area contributed by atoms with Gasteiger partial charge in [-0.3, -0.25) is 32.5 Å². The number of rotatable bonds is 24. The van der Waals surface area contributed by atoms with Gasteiger partial charge < -0.3 is 70.6 Å². The zero-order valence-corrected chi connectivity index (χ0v) is 37.9. The molecule has 0 aromatic carbocycles. The molecule has 2 fully saturated rings. The topological polar surface area (TPSA) is 423 Å². The first-order valence-electron chi connectivity index (χ1n) is 19.1. The first-order valence-corrected chi connectivity index (χ1v) is 24.7. The fraction of sp³-hybridized carbons (Fsp3) is 0.688. The molecule has 0 aliphatic carbocycles. The number of nitrogens with zero attached hydrogens (tertiary/aromatic N) is 4. The molecule has 4 heterocycles.